The van der Waals surface area contributed by atoms with E-state index in [-0.39, 0.29) is 17.1 Å². The minimum absolute atomic E-state index is 0. The van der Waals surface area contributed by atoms with Crippen LogP contribution in [0.5, 0.6) is 0 Å². The van der Waals surface area contributed by atoms with Gasteiger partial charge in [0.05, 0.1) is 0 Å². The van der Waals surface area contributed by atoms with E-state index in [4.69, 9.17) is 8.08 Å². The average molecular weight is 203 g/mol. The zero-order valence-electron chi connectivity index (χ0n) is 1.88. The van der Waals surface area contributed by atoms with Gasteiger partial charge in [-0.2, -0.15) is 0 Å². The van der Waals surface area contributed by atoms with Crippen LogP contribution in [0.25, 0.3) is 0 Å². The Balaban J connectivity index is -0.0000000133. The van der Waals surface area contributed by atoms with E-state index in [1.165, 1.54) is 0 Å². The molecule has 0 aromatic heterocycles. The fourth-order valence-corrected chi connectivity index (χ4v) is 0. The van der Waals surface area contributed by atoms with Crippen LogP contribution >= 0.6 is 0 Å². The number of rotatable bonds is 0. The third-order valence-corrected chi connectivity index (χ3v) is 0. The fourth-order valence-electron chi connectivity index (χ4n) is 0. The van der Waals surface area contributed by atoms with Gasteiger partial charge >= 0.3 is 39.8 Å². The summed E-state index contributed by atoms with van der Waals surface area (Å²) in [7, 11) is 0. The van der Waals surface area contributed by atoms with Gasteiger partial charge in [-0.05, 0) is 0 Å². The molecule has 0 aromatic rings. The van der Waals surface area contributed by atoms with Crippen molar-refractivity contribution in [3.05, 3.63) is 0 Å². The van der Waals surface area contributed by atoms with Crippen LogP contribution in [0.15, 0.2) is 0 Å². The van der Waals surface area contributed by atoms with E-state index >= 15 is 0 Å². The quantitative estimate of drug-likeness (QED) is 0.530. The first-order chi connectivity index (χ1) is 2.00. The molecule has 0 heterocycles. The second kappa shape index (κ2) is 58.4. The summed E-state index contributed by atoms with van der Waals surface area (Å²) in [6.07, 6.45) is 0. The van der Waals surface area contributed by atoms with Crippen LogP contribution in [-0.2, 0) is 52.6 Å². The van der Waals surface area contributed by atoms with E-state index in [1.807, 2.05) is 15.9 Å². The molecule has 0 fully saturated rings. The molecule has 5 heteroatoms. The molecule has 0 aromatic carbocycles. The van der Waals surface area contributed by atoms with Gasteiger partial charge in [-0.1, -0.05) is 0 Å². The molecule has 0 amide bonds. The van der Waals surface area contributed by atoms with Gasteiger partial charge in [-0.15, -0.1) is 0 Å². The first kappa shape index (κ1) is 16.3. The van der Waals surface area contributed by atoms with Crippen molar-refractivity contribution in [2.45, 2.75) is 0 Å². The third-order valence-electron chi connectivity index (χ3n) is 0. The first-order valence-corrected chi connectivity index (χ1v) is 1.18. The summed E-state index contributed by atoms with van der Waals surface area (Å²) >= 11 is 4.88. The van der Waals surface area contributed by atoms with Crippen LogP contribution in [0.1, 0.15) is 0 Å². The molecule has 39 valence electrons. The summed E-state index contributed by atoms with van der Waals surface area (Å²) in [5.41, 5.74) is 0. The van der Waals surface area contributed by atoms with Crippen LogP contribution in [0.3, 0.4) is 0 Å². The Bertz CT molecular complexity index is 7.61. The molecule has 0 saturated carbocycles. The third kappa shape index (κ3) is 34.3. The van der Waals surface area contributed by atoms with Crippen LogP contribution in [-0.4, -0.2) is 4.25 Å². The summed E-state index contributed by atoms with van der Waals surface area (Å²) in [5.74, 6) is 0. The Morgan fingerprint density at radius 2 is 1.40 bits per heavy atom. The number of hydrogen-bond donors (Lipinski definition) is 1. The van der Waals surface area contributed by atoms with Crippen LogP contribution in [0, 0.1) is 0 Å². The zero-order valence-corrected chi connectivity index (χ0v) is 5.07. The van der Waals surface area contributed by atoms with Crippen LogP contribution in [0.4, 0.5) is 0 Å². The molecule has 0 rings (SSSR count). The van der Waals surface area contributed by atoms with E-state index in [0.717, 1.165) is 0 Å². The molecule has 0 aliphatic heterocycles. The second-order valence-corrected chi connectivity index (χ2v) is 0. The molecule has 0 aliphatic rings. The Hall–Kier alpha value is 1.29. The van der Waals surface area contributed by atoms with Gasteiger partial charge in [0.1, 0.15) is 0 Å². The van der Waals surface area contributed by atoms with Crippen molar-refractivity contribution < 1.29 is 56.9 Å². The number of hydrogen-bond acceptors (Lipinski definition) is 2. The van der Waals surface area contributed by atoms with E-state index < -0.39 is 0 Å². The summed E-state index contributed by atoms with van der Waals surface area (Å²) < 4.78 is 14.6. The molecular weight excluding hydrogens is 202 g/mol. The predicted octanol–water partition coefficient (Wildman–Crippen LogP) is -0.683. The van der Waals surface area contributed by atoms with Gasteiger partial charge < -0.3 is 0 Å². The molecule has 0 atom stereocenters. The summed E-state index contributed by atoms with van der Waals surface area (Å²) in [4.78, 5) is 0. The average Bonchev–Trinajstić information content (AvgIpc) is 1.50. The molecule has 2 nitrogen and oxygen atoms in total. The molecule has 0 unspecified atom stereocenters. The van der Waals surface area contributed by atoms with Gasteiger partial charge in [-0.25, -0.2) is 0 Å². The van der Waals surface area contributed by atoms with Gasteiger partial charge in [-0.3, -0.25) is 0 Å². The molecule has 0 saturated heterocycles. The Morgan fingerprint density at radius 1 is 1.40 bits per heavy atom. The Morgan fingerprint density at radius 3 is 1.40 bits per heavy atom. The van der Waals surface area contributed by atoms with Gasteiger partial charge in [0.15, 0.2) is 0 Å². The van der Waals surface area contributed by atoms with E-state index in [2.05, 4.69) is 15.8 Å². The van der Waals surface area contributed by atoms with E-state index in [9.17, 15) is 0 Å². The first-order valence-electron chi connectivity index (χ1n) is 0.286. The second-order valence-electron chi connectivity index (χ2n) is 0. The van der Waals surface area contributed by atoms with Crippen LogP contribution in [0.2, 0.25) is 0 Å². The SMILES string of the molecule is [Fe].[OH][Ni].[O]=[Fe]. The van der Waals surface area contributed by atoms with Crippen molar-refractivity contribution in [2.24, 2.45) is 0 Å². The Labute approximate surface area is 56.9 Å². The molecule has 0 aliphatic carbocycles. The van der Waals surface area contributed by atoms with Crippen molar-refractivity contribution in [3.63, 3.8) is 0 Å². The topological polar surface area (TPSA) is 37.3 Å². The summed E-state index contributed by atoms with van der Waals surface area (Å²) in [6.45, 7) is 0. The maximum atomic E-state index is 8.00. The summed E-state index contributed by atoms with van der Waals surface area (Å²) in [6, 6.07) is 0. The van der Waals surface area contributed by atoms with Crippen LogP contribution < -0.4 is 0 Å². The zero-order chi connectivity index (χ0) is 4.00. The molecule has 0 radical (unpaired) electrons. The van der Waals surface area contributed by atoms with E-state index in [0.29, 0.717) is 0 Å². The molecule has 1 N–H and O–H groups in total. The van der Waals surface area contributed by atoms with Crippen molar-refractivity contribution >= 4 is 0 Å². The maximum absolute atomic E-state index is 8.00. The Kier molecular flexibility index (Phi) is 190. The molecular formula is HFe2NiO2. The van der Waals surface area contributed by atoms with Gasteiger partial charge in [0, 0.05) is 17.1 Å². The van der Waals surface area contributed by atoms with Crippen molar-refractivity contribution in [1.82, 2.24) is 0 Å². The van der Waals surface area contributed by atoms with Crippen molar-refractivity contribution in [3.8, 4) is 0 Å². The normalized spacial score (nSPS) is 2.40. The molecule has 5 heavy (non-hydrogen) atoms. The fraction of sp³-hybridized carbons (Fsp3) is 0. The minimum atomic E-state index is 0. The van der Waals surface area contributed by atoms with E-state index in [1.54, 1.807) is 0 Å². The monoisotopic (exact) mass is 203 g/mol. The standard InChI is InChI=1S/2Fe.Ni.H2O.O/h;;;1H2;/q;;+1;;/p-1. The van der Waals surface area contributed by atoms with Gasteiger partial charge in [0.2, 0.25) is 0 Å². The van der Waals surface area contributed by atoms with Crippen molar-refractivity contribution in [2.75, 3.05) is 0 Å². The summed E-state index contributed by atoms with van der Waals surface area (Å²) in [5, 5.41) is 0. The molecule has 0 bridgehead atoms. The molecule has 0 spiro atoms. The van der Waals surface area contributed by atoms with Crippen molar-refractivity contribution in [1.29, 1.82) is 0 Å². The van der Waals surface area contributed by atoms with Gasteiger partial charge in [0.25, 0.3) is 0 Å². The predicted molar refractivity (Wildman–Crippen MR) is 2.91 cm³/mol.